The van der Waals surface area contributed by atoms with Crippen molar-refractivity contribution in [1.82, 2.24) is 4.90 Å². The van der Waals surface area contributed by atoms with Crippen LogP contribution in [-0.2, 0) is 11.2 Å². The highest BCUT2D eigenvalue weighted by Crippen LogP contribution is 2.27. The van der Waals surface area contributed by atoms with E-state index in [0.717, 1.165) is 23.2 Å². The van der Waals surface area contributed by atoms with E-state index in [0.29, 0.717) is 5.56 Å². The molecule has 0 aromatic heterocycles. The number of rotatable bonds is 6. The highest BCUT2D eigenvalue weighted by Gasteiger charge is 2.30. The Labute approximate surface area is 176 Å². The van der Waals surface area contributed by atoms with Crippen LogP contribution >= 0.6 is 0 Å². The fraction of sp³-hybridized carbons (Fsp3) is 0.200. The molecule has 154 valence electrons. The summed E-state index contributed by atoms with van der Waals surface area (Å²) in [5, 5.41) is 3.00. The second-order valence-corrected chi connectivity index (χ2v) is 7.16. The Morgan fingerprint density at radius 1 is 0.967 bits per heavy atom. The smallest absolute Gasteiger partial charge is 0.257 e. The Balaban J connectivity index is 1.99. The molecule has 3 aromatic rings. The zero-order chi connectivity index (χ0) is 21.7. The van der Waals surface area contributed by atoms with Crippen molar-refractivity contribution in [2.24, 2.45) is 0 Å². The van der Waals surface area contributed by atoms with Crippen LogP contribution in [0.1, 0.15) is 40.0 Å². The fourth-order valence-corrected chi connectivity index (χ4v) is 3.52. The second-order valence-electron chi connectivity index (χ2n) is 7.16. The normalized spacial score (nSPS) is 11.6. The Hall–Kier alpha value is -3.47. The van der Waals surface area contributed by atoms with Gasteiger partial charge in [-0.25, -0.2) is 4.39 Å². The number of nitrogens with zero attached hydrogens (tertiary/aromatic N) is 1. The lowest BCUT2D eigenvalue weighted by atomic mass is 10.0. The predicted molar refractivity (Wildman–Crippen MR) is 117 cm³/mol. The van der Waals surface area contributed by atoms with E-state index in [1.165, 1.54) is 30.1 Å². The molecule has 0 heterocycles. The maximum atomic E-state index is 14.2. The van der Waals surface area contributed by atoms with Gasteiger partial charge in [-0.15, -0.1) is 0 Å². The largest absolute Gasteiger partial charge is 0.325 e. The van der Waals surface area contributed by atoms with Gasteiger partial charge in [-0.1, -0.05) is 67.6 Å². The van der Waals surface area contributed by atoms with E-state index >= 15 is 0 Å². The number of amides is 2. The first-order valence-electron chi connectivity index (χ1n) is 9.90. The van der Waals surface area contributed by atoms with Crippen LogP contribution in [0.3, 0.4) is 0 Å². The summed E-state index contributed by atoms with van der Waals surface area (Å²) in [6.45, 7) is 3.95. The minimum atomic E-state index is -0.914. The summed E-state index contributed by atoms with van der Waals surface area (Å²) in [6.07, 6.45) is 0.761. The van der Waals surface area contributed by atoms with Gasteiger partial charge in [0.25, 0.3) is 11.8 Å². The van der Waals surface area contributed by atoms with E-state index in [1.807, 2.05) is 50.2 Å². The van der Waals surface area contributed by atoms with Crippen LogP contribution in [0.2, 0.25) is 0 Å². The van der Waals surface area contributed by atoms with Gasteiger partial charge in [0.2, 0.25) is 0 Å². The Bertz CT molecular complexity index is 1050. The van der Waals surface area contributed by atoms with Gasteiger partial charge in [-0.05, 0) is 42.2 Å². The molecule has 30 heavy (non-hydrogen) atoms. The molecule has 1 N–H and O–H groups in total. The molecular formula is C25H25FN2O2. The number of carbonyl (C=O) groups is 2. The van der Waals surface area contributed by atoms with Gasteiger partial charge < -0.3 is 10.2 Å². The first-order valence-corrected chi connectivity index (χ1v) is 9.90. The number of hydrogen-bond donors (Lipinski definition) is 1. The van der Waals surface area contributed by atoms with Crippen LogP contribution in [-0.4, -0.2) is 23.8 Å². The fourth-order valence-electron chi connectivity index (χ4n) is 3.52. The molecule has 0 saturated carbocycles. The molecule has 0 fully saturated rings. The standard InChI is InChI=1S/C25H25FN2O2/c1-4-18-14-10-11-17(2)22(18)27-24(29)23(19-12-6-5-7-13-19)28(3)25(30)20-15-8-9-16-21(20)26/h5-16,23H,4H2,1-3H3,(H,27,29)/t23-/m1/s1. The number of aryl methyl sites for hydroxylation is 2. The molecular weight excluding hydrogens is 379 g/mol. The van der Waals surface area contributed by atoms with Gasteiger partial charge in [-0.3, -0.25) is 9.59 Å². The summed E-state index contributed by atoms with van der Waals surface area (Å²) < 4.78 is 14.2. The maximum absolute atomic E-state index is 14.2. The molecule has 1 atom stereocenters. The zero-order valence-electron chi connectivity index (χ0n) is 17.4. The summed E-state index contributed by atoms with van der Waals surface area (Å²) in [7, 11) is 1.52. The third kappa shape index (κ3) is 4.40. The van der Waals surface area contributed by atoms with E-state index in [9.17, 15) is 14.0 Å². The van der Waals surface area contributed by atoms with Crippen LogP contribution < -0.4 is 5.32 Å². The van der Waals surface area contributed by atoms with Crippen molar-refractivity contribution in [2.75, 3.05) is 12.4 Å². The van der Waals surface area contributed by atoms with Gasteiger partial charge in [0, 0.05) is 12.7 Å². The molecule has 4 nitrogen and oxygen atoms in total. The first-order chi connectivity index (χ1) is 14.4. The topological polar surface area (TPSA) is 49.4 Å². The van der Waals surface area contributed by atoms with Crippen LogP contribution in [0.4, 0.5) is 10.1 Å². The average molecular weight is 404 g/mol. The highest BCUT2D eigenvalue weighted by atomic mass is 19.1. The van der Waals surface area contributed by atoms with Crippen molar-refractivity contribution in [1.29, 1.82) is 0 Å². The zero-order valence-corrected chi connectivity index (χ0v) is 17.4. The van der Waals surface area contributed by atoms with E-state index in [4.69, 9.17) is 0 Å². The van der Waals surface area contributed by atoms with Gasteiger partial charge in [0.1, 0.15) is 11.9 Å². The Morgan fingerprint density at radius 3 is 2.30 bits per heavy atom. The number of nitrogens with one attached hydrogen (secondary N) is 1. The van der Waals surface area contributed by atoms with Crippen molar-refractivity contribution in [2.45, 2.75) is 26.3 Å². The Morgan fingerprint density at radius 2 is 1.63 bits per heavy atom. The first kappa shape index (κ1) is 21.2. The number of para-hydroxylation sites is 1. The molecule has 0 bridgehead atoms. The summed E-state index contributed by atoms with van der Waals surface area (Å²) in [5.74, 6) is -1.52. The van der Waals surface area contributed by atoms with Gasteiger partial charge in [0.15, 0.2) is 0 Å². The molecule has 0 spiro atoms. The van der Waals surface area contributed by atoms with Crippen molar-refractivity contribution in [3.05, 3.63) is 101 Å². The third-order valence-electron chi connectivity index (χ3n) is 5.16. The van der Waals surface area contributed by atoms with Crippen LogP contribution in [0.25, 0.3) is 0 Å². The lowest BCUT2D eigenvalue weighted by molar-refractivity contribution is -0.120. The van der Waals surface area contributed by atoms with Crippen LogP contribution in [0.5, 0.6) is 0 Å². The lowest BCUT2D eigenvalue weighted by Gasteiger charge is -2.28. The Kier molecular flexibility index (Phi) is 6.62. The molecule has 5 heteroatoms. The summed E-state index contributed by atoms with van der Waals surface area (Å²) in [5.41, 5.74) is 3.28. The molecule has 0 radical (unpaired) electrons. The van der Waals surface area contributed by atoms with Gasteiger partial charge in [0.05, 0.1) is 5.56 Å². The molecule has 0 unspecified atom stereocenters. The van der Waals surface area contributed by atoms with E-state index < -0.39 is 17.8 Å². The summed E-state index contributed by atoms with van der Waals surface area (Å²) in [4.78, 5) is 27.7. The molecule has 3 aromatic carbocycles. The predicted octanol–water partition coefficient (Wildman–Crippen LogP) is 5.15. The highest BCUT2D eigenvalue weighted by molar-refractivity contribution is 6.02. The van der Waals surface area contributed by atoms with Gasteiger partial charge in [-0.2, -0.15) is 0 Å². The number of likely N-dealkylation sites (N-methyl/N-ethyl adjacent to an activating group) is 1. The number of hydrogen-bond acceptors (Lipinski definition) is 2. The van der Waals surface area contributed by atoms with E-state index in [1.54, 1.807) is 18.2 Å². The van der Waals surface area contributed by atoms with E-state index in [2.05, 4.69) is 5.32 Å². The average Bonchev–Trinajstić information content (AvgIpc) is 2.76. The van der Waals surface area contributed by atoms with Crippen molar-refractivity contribution >= 4 is 17.5 Å². The molecule has 0 aliphatic heterocycles. The summed E-state index contributed by atoms with van der Waals surface area (Å²) >= 11 is 0. The molecule has 2 amide bonds. The molecule has 0 aliphatic carbocycles. The van der Waals surface area contributed by atoms with Gasteiger partial charge >= 0.3 is 0 Å². The lowest BCUT2D eigenvalue weighted by Crippen LogP contribution is -2.39. The number of anilines is 1. The molecule has 0 aliphatic rings. The summed E-state index contributed by atoms with van der Waals surface area (Å²) in [6, 6.07) is 19.7. The monoisotopic (exact) mass is 404 g/mol. The molecule has 0 saturated heterocycles. The van der Waals surface area contributed by atoms with Crippen LogP contribution in [0, 0.1) is 12.7 Å². The SMILES string of the molecule is CCc1cccc(C)c1NC(=O)[C@@H](c1ccccc1)N(C)C(=O)c1ccccc1F. The van der Waals surface area contributed by atoms with E-state index in [-0.39, 0.29) is 11.5 Å². The minimum Gasteiger partial charge on any atom is -0.325 e. The van der Waals surface area contributed by atoms with Crippen molar-refractivity contribution in [3.8, 4) is 0 Å². The quantitative estimate of drug-likeness (QED) is 0.618. The van der Waals surface area contributed by atoms with Crippen molar-refractivity contribution < 1.29 is 14.0 Å². The third-order valence-corrected chi connectivity index (χ3v) is 5.16. The number of carbonyl (C=O) groups excluding carboxylic acids is 2. The van der Waals surface area contributed by atoms with Crippen LogP contribution in [0.15, 0.2) is 72.8 Å². The molecule has 3 rings (SSSR count). The van der Waals surface area contributed by atoms with Crippen molar-refractivity contribution in [3.63, 3.8) is 0 Å². The number of halogens is 1. The maximum Gasteiger partial charge on any atom is 0.257 e. The second kappa shape index (κ2) is 9.35. The minimum absolute atomic E-state index is 0.0705. The number of benzene rings is 3.